The number of hydrogen-bond acceptors (Lipinski definition) is 6. The fourth-order valence-corrected chi connectivity index (χ4v) is 5.05. The third kappa shape index (κ3) is 7.19. The number of nitrogens with zero attached hydrogens (tertiary/aromatic N) is 4. The molecule has 1 atom stereocenters. The van der Waals surface area contributed by atoms with E-state index in [1.165, 1.54) is 18.9 Å². The molecule has 0 saturated carbocycles. The molecule has 1 fully saturated rings. The molecule has 3 aromatic rings. The molecule has 2 aromatic carbocycles. The number of methoxy groups -OCH3 is 1. The van der Waals surface area contributed by atoms with Crippen molar-refractivity contribution < 1.29 is 32.2 Å². The number of aryl methyl sites for hydroxylation is 2. The lowest BCUT2D eigenvalue weighted by Crippen LogP contribution is -2.39. The lowest BCUT2D eigenvalue weighted by molar-refractivity contribution is -0.144. The molecule has 0 radical (unpaired) electrons. The van der Waals surface area contributed by atoms with E-state index in [0.29, 0.717) is 29.5 Å². The van der Waals surface area contributed by atoms with Gasteiger partial charge in [0.2, 0.25) is 5.91 Å². The third-order valence-electron chi connectivity index (χ3n) is 6.60. The number of carbonyl (C=O) groups excluding carboxylic acids is 2. The van der Waals surface area contributed by atoms with Crippen LogP contribution >= 0.6 is 12.2 Å². The Morgan fingerprint density at radius 1 is 1.07 bits per heavy atom. The summed E-state index contributed by atoms with van der Waals surface area (Å²) in [6, 6.07) is 13.6. The summed E-state index contributed by atoms with van der Waals surface area (Å²) in [7, 11) is 1.52. The number of alkyl halides is 3. The smallest absolute Gasteiger partial charge is 0.433 e. The van der Waals surface area contributed by atoms with Gasteiger partial charge in [-0.3, -0.25) is 19.2 Å². The van der Waals surface area contributed by atoms with Crippen LogP contribution in [0, 0.1) is 6.92 Å². The Labute approximate surface area is 247 Å². The monoisotopic (exact) mass is 603 g/mol. The maximum atomic E-state index is 13.6. The van der Waals surface area contributed by atoms with Gasteiger partial charge >= 0.3 is 6.18 Å². The average molecular weight is 604 g/mol. The SMILES string of the molecule is CCCOc1ccc(NC(=O)C[C@@H]2C(=O)N(c3ccc(OC)cc3)C(=S)N2CCCn2nc(C)cc2C(F)(F)F)cc1. The van der Waals surface area contributed by atoms with Crippen molar-refractivity contribution >= 4 is 40.5 Å². The topological polar surface area (TPSA) is 88.9 Å². The predicted molar refractivity (Wildman–Crippen MR) is 156 cm³/mol. The Hall–Kier alpha value is -4.13. The second-order valence-electron chi connectivity index (χ2n) is 9.73. The lowest BCUT2D eigenvalue weighted by Gasteiger charge is -2.24. The van der Waals surface area contributed by atoms with E-state index in [1.807, 2.05) is 6.92 Å². The van der Waals surface area contributed by atoms with Crippen molar-refractivity contribution in [2.24, 2.45) is 0 Å². The number of nitrogens with one attached hydrogen (secondary N) is 1. The van der Waals surface area contributed by atoms with Crippen LogP contribution in [0.2, 0.25) is 0 Å². The fraction of sp³-hybridized carbons (Fsp3) is 0.379. The van der Waals surface area contributed by atoms with Gasteiger partial charge in [0.25, 0.3) is 5.91 Å². The summed E-state index contributed by atoms with van der Waals surface area (Å²) in [6.07, 6.45) is -3.70. The summed E-state index contributed by atoms with van der Waals surface area (Å²) in [5.74, 6) is 0.440. The molecule has 9 nitrogen and oxygen atoms in total. The van der Waals surface area contributed by atoms with Crippen molar-refractivity contribution in [3.63, 3.8) is 0 Å². The lowest BCUT2D eigenvalue weighted by atomic mass is 10.1. The van der Waals surface area contributed by atoms with Crippen molar-refractivity contribution in [3.8, 4) is 11.5 Å². The maximum absolute atomic E-state index is 13.6. The van der Waals surface area contributed by atoms with Gasteiger partial charge in [0.15, 0.2) is 5.11 Å². The number of hydrogen-bond donors (Lipinski definition) is 1. The summed E-state index contributed by atoms with van der Waals surface area (Å²) in [6.45, 7) is 4.15. The first-order chi connectivity index (χ1) is 20.0. The summed E-state index contributed by atoms with van der Waals surface area (Å²) < 4.78 is 52.0. The van der Waals surface area contributed by atoms with Gasteiger partial charge in [0.1, 0.15) is 23.2 Å². The Morgan fingerprint density at radius 3 is 2.36 bits per heavy atom. The molecule has 0 unspecified atom stereocenters. The minimum Gasteiger partial charge on any atom is -0.497 e. The van der Waals surface area contributed by atoms with E-state index in [2.05, 4.69) is 10.4 Å². The van der Waals surface area contributed by atoms with Gasteiger partial charge in [-0.2, -0.15) is 18.3 Å². The number of carbonyl (C=O) groups is 2. The zero-order valence-electron chi connectivity index (χ0n) is 23.5. The van der Waals surface area contributed by atoms with Crippen molar-refractivity contribution in [2.45, 2.75) is 51.9 Å². The van der Waals surface area contributed by atoms with Crippen LogP contribution in [-0.4, -0.2) is 57.9 Å². The molecule has 0 bridgehead atoms. The minimum atomic E-state index is -4.55. The number of ether oxygens (including phenoxy) is 2. The standard InChI is InChI=1S/C29H32F3N5O4S/c1-4-16-41-23-10-6-20(7-11-23)33-26(38)18-24-27(39)37(21-8-12-22(40-3)13-9-21)28(42)35(24)14-5-15-36-25(29(30,31)32)17-19(2)34-36/h6-13,17,24H,4-5,14-16,18H2,1-3H3,(H,33,38)/t24-/m1/s1. The molecular weight excluding hydrogens is 571 g/mol. The first-order valence-electron chi connectivity index (χ1n) is 13.4. The molecule has 1 aromatic heterocycles. The molecule has 1 N–H and O–H groups in total. The van der Waals surface area contributed by atoms with Gasteiger partial charge in [-0.05, 0) is 86.6 Å². The molecule has 42 heavy (non-hydrogen) atoms. The zero-order valence-corrected chi connectivity index (χ0v) is 24.3. The largest absolute Gasteiger partial charge is 0.497 e. The molecule has 0 aliphatic carbocycles. The van der Waals surface area contributed by atoms with Crippen LogP contribution in [0.4, 0.5) is 24.5 Å². The highest BCUT2D eigenvalue weighted by Gasteiger charge is 2.44. The van der Waals surface area contributed by atoms with Crippen molar-refractivity contribution in [3.05, 3.63) is 66.0 Å². The highest BCUT2D eigenvalue weighted by atomic mass is 32.1. The highest BCUT2D eigenvalue weighted by Crippen LogP contribution is 2.31. The quantitative estimate of drug-likeness (QED) is 0.276. The predicted octanol–water partition coefficient (Wildman–Crippen LogP) is 5.43. The fourth-order valence-electron chi connectivity index (χ4n) is 4.63. The number of thiocarbonyl (C=S) groups is 1. The number of halogens is 3. The van der Waals surface area contributed by atoms with Crippen LogP contribution < -0.4 is 19.7 Å². The van der Waals surface area contributed by atoms with Gasteiger partial charge < -0.3 is 19.7 Å². The van der Waals surface area contributed by atoms with E-state index in [-0.39, 0.29) is 36.7 Å². The van der Waals surface area contributed by atoms with Gasteiger partial charge in [0, 0.05) is 18.8 Å². The maximum Gasteiger partial charge on any atom is 0.433 e. The van der Waals surface area contributed by atoms with Crippen molar-refractivity contribution in [2.75, 3.05) is 30.5 Å². The first kappa shape index (κ1) is 30.8. The van der Waals surface area contributed by atoms with Crippen LogP contribution in [0.15, 0.2) is 54.6 Å². The van der Waals surface area contributed by atoms with Gasteiger partial charge in [-0.1, -0.05) is 6.92 Å². The van der Waals surface area contributed by atoms with Crippen LogP contribution in [-0.2, 0) is 22.3 Å². The molecule has 2 heterocycles. The number of amides is 2. The zero-order chi connectivity index (χ0) is 30.4. The van der Waals surface area contributed by atoms with E-state index in [1.54, 1.807) is 53.4 Å². The molecule has 1 aliphatic heterocycles. The second kappa shape index (κ2) is 13.2. The third-order valence-corrected chi connectivity index (χ3v) is 7.02. The van der Waals surface area contributed by atoms with E-state index in [4.69, 9.17) is 21.7 Å². The summed E-state index contributed by atoms with van der Waals surface area (Å²) >= 11 is 5.66. The molecule has 1 aliphatic rings. The van der Waals surface area contributed by atoms with Gasteiger partial charge in [0.05, 0.1) is 31.5 Å². The Morgan fingerprint density at radius 2 is 1.74 bits per heavy atom. The number of anilines is 2. The Bertz CT molecular complexity index is 1410. The highest BCUT2D eigenvalue weighted by molar-refractivity contribution is 7.80. The van der Waals surface area contributed by atoms with E-state index < -0.39 is 29.7 Å². The molecule has 4 rings (SSSR count). The summed E-state index contributed by atoms with van der Waals surface area (Å²) in [5.41, 5.74) is 0.425. The minimum absolute atomic E-state index is 0.0517. The van der Waals surface area contributed by atoms with Crippen LogP contribution in [0.5, 0.6) is 11.5 Å². The number of benzene rings is 2. The summed E-state index contributed by atoms with van der Waals surface area (Å²) in [5, 5.41) is 6.93. The molecule has 13 heteroatoms. The van der Waals surface area contributed by atoms with Gasteiger partial charge in [-0.15, -0.1) is 0 Å². The van der Waals surface area contributed by atoms with Crippen molar-refractivity contribution in [1.82, 2.24) is 14.7 Å². The molecule has 1 saturated heterocycles. The van der Waals surface area contributed by atoms with E-state index in [9.17, 15) is 22.8 Å². The second-order valence-corrected chi connectivity index (χ2v) is 10.1. The van der Waals surface area contributed by atoms with Gasteiger partial charge in [-0.25, -0.2) is 0 Å². The van der Waals surface area contributed by atoms with Crippen LogP contribution in [0.3, 0.4) is 0 Å². The molecule has 2 amide bonds. The van der Waals surface area contributed by atoms with Crippen LogP contribution in [0.25, 0.3) is 0 Å². The number of rotatable bonds is 12. The molecule has 0 spiro atoms. The average Bonchev–Trinajstić information content (AvgIpc) is 3.45. The van der Waals surface area contributed by atoms with E-state index in [0.717, 1.165) is 17.2 Å². The van der Waals surface area contributed by atoms with Crippen molar-refractivity contribution in [1.29, 1.82) is 0 Å². The normalized spacial score (nSPS) is 15.3. The van der Waals surface area contributed by atoms with Crippen LogP contribution in [0.1, 0.15) is 37.6 Å². The Balaban J connectivity index is 1.50. The Kier molecular flexibility index (Phi) is 9.71. The summed E-state index contributed by atoms with van der Waals surface area (Å²) in [4.78, 5) is 29.6. The number of aromatic nitrogens is 2. The molecule has 224 valence electrons. The van der Waals surface area contributed by atoms with E-state index >= 15 is 0 Å². The molecular formula is C29H32F3N5O4S. The first-order valence-corrected chi connectivity index (χ1v) is 13.9.